The van der Waals surface area contributed by atoms with Crippen LogP contribution in [0.5, 0.6) is 0 Å². The number of ketones is 1. The molecule has 4 atom stereocenters. The Morgan fingerprint density at radius 1 is 1.17 bits per heavy atom. The van der Waals surface area contributed by atoms with Crippen molar-refractivity contribution in [3.05, 3.63) is 22.4 Å². The van der Waals surface area contributed by atoms with Gasteiger partial charge in [-0.15, -0.1) is 11.3 Å². The molecule has 3 amide bonds. The van der Waals surface area contributed by atoms with Crippen LogP contribution in [0, 0.1) is 5.92 Å². The van der Waals surface area contributed by atoms with Crippen LogP contribution in [0.4, 0.5) is 0 Å². The van der Waals surface area contributed by atoms with Crippen LogP contribution in [0.25, 0.3) is 0 Å². The number of thiophene rings is 1. The first-order valence-electron chi connectivity index (χ1n) is 12.2. The summed E-state index contributed by atoms with van der Waals surface area (Å²) in [6.07, 6.45) is 4.41. The van der Waals surface area contributed by atoms with Crippen molar-refractivity contribution in [3.8, 4) is 0 Å². The van der Waals surface area contributed by atoms with Crippen molar-refractivity contribution in [3.63, 3.8) is 0 Å². The molecule has 0 radical (unpaired) electrons. The normalized spacial score (nSPS) is 19.2. The standard InChI is InChI=1S/C24H37N3O5S3/c1-4-25-24(31)22(29)19(15-17-8-7-12-33-17)27-23(30)20(14-16(2)3)26-21(28)10-6-5-9-18-11-13-34-35(18)32/h7-8,12,16,18-20,32H,4-6,9-11,13-15H2,1-3H3,(H2-,25,26,27,28,30,31)/p+1/t18?,19-,20-,35?/m0/s1. The molecular formula is C24H38N3O5S3+. The van der Waals surface area contributed by atoms with Crippen molar-refractivity contribution in [1.82, 2.24) is 16.0 Å². The van der Waals surface area contributed by atoms with E-state index in [1.807, 2.05) is 31.4 Å². The van der Waals surface area contributed by atoms with Crippen LogP contribution >= 0.6 is 22.1 Å². The summed E-state index contributed by atoms with van der Waals surface area (Å²) in [5.74, 6) is -0.963. The van der Waals surface area contributed by atoms with E-state index < -0.39 is 39.9 Å². The average Bonchev–Trinajstić information content (AvgIpc) is 3.46. The maximum atomic E-state index is 13.1. The minimum absolute atomic E-state index is 0.142. The zero-order valence-corrected chi connectivity index (χ0v) is 23.2. The molecule has 1 saturated heterocycles. The fraction of sp³-hybridized carbons (Fsp3) is 0.667. The molecule has 1 aromatic rings. The molecule has 2 unspecified atom stereocenters. The number of nitrogens with one attached hydrogen (secondary N) is 3. The van der Waals surface area contributed by atoms with Gasteiger partial charge in [-0.05, 0) is 50.0 Å². The third-order valence-electron chi connectivity index (χ3n) is 5.65. The lowest BCUT2D eigenvalue weighted by Gasteiger charge is -2.23. The van der Waals surface area contributed by atoms with Crippen molar-refractivity contribution in [2.45, 2.75) is 83.1 Å². The Morgan fingerprint density at radius 2 is 1.94 bits per heavy atom. The highest BCUT2D eigenvalue weighted by Gasteiger charge is 2.37. The summed E-state index contributed by atoms with van der Waals surface area (Å²) >= 11 is 1.45. The Kier molecular flexibility index (Phi) is 13.2. The summed E-state index contributed by atoms with van der Waals surface area (Å²) in [4.78, 5) is 51.5. The molecule has 0 saturated carbocycles. The Bertz CT molecular complexity index is 834. The van der Waals surface area contributed by atoms with E-state index in [9.17, 15) is 23.7 Å². The first-order valence-corrected chi connectivity index (χ1v) is 15.8. The molecule has 1 aliphatic heterocycles. The topological polar surface area (TPSA) is 125 Å². The molecule has 11 heteroatoms. The van der Waals surface area contributed by atoms with Gasteiger partial charge in [0.1, 0.15) is 22.9 Å². The van der Waals surface area contributed by atoms with Gasteiger partial charge in [-0.2, -0.15) is 4.55 Å². The minimum atomic E-state index is -1.00. The first-order chi connectivity index (χ1) is 16.7. The Morgan fingerprint density at radius 3 is 2.54 bits per heavy atom. The van der Waals surface area contributed by atoms with Gasteiger partial charge in [-0.3, -0.25) is 19.2 Å². The number of amides is 3. The molecule has 35 heavy (non-hydrogen) atoms. The number of hydrogen-bond acceptors (Lipinski definition) is 7. The van der Waals surface area contributed by atoms with E-state index in [0.29, 0.717) is 31.1 Å². The maximum absolute atomic E-state index is 13.1. The fourth-order valence-electron chi connectivity index (χ4n) is 3.85. The summed E-state index contributed by atoms with van der Waals surface area (Å²) in [5, 5.41) is 10.3. The van der Waals surface area contributed by atoms with Gasteiger partial charge in [0.2, 0.25) is 27.8 Å². The largest absolute Gasteiger partial charge is 0.350 e. The number of carbonyl (C=O) groups excluding carboxylic acids is 4. The zero-order chi connectivity index (χ0) is 25.8. The third-order valence-corrected chi connectivity index (χ3v) is 10.3. The van der Waals surface area contributed by atoms with Crippen LogP contribution in [0.2, 0.25) is 0 Å². The molecule has 4 N–H and O–H groups in total. The van der Waals surface area contributed by atoms with E-state index in [1.54, 1.807) is 17.7 Å². The molecule has 196 valence electrons. The molecule has 0 aliphatic carbocycles. The van der Waals surface area contributed by atoms with E-state index in [2.05, 4.69) is 16.0 Å². The second-order valence-corrected chi connectivity index (χ2v) is 13.7. The van der Waals surface area contributed by atoms with Crippen molar-refractivity contribution < 1.29 is 23.7 Å². The molecule has 0 spiro atoms. The highest BCUT2D eigenvalue weighted by atomic mass is 33.1. The summed E-state index contributed by atoms with van der Waals surface area (Å²) < 4.78 is 9.94. The lowest BCUT2D eigenvalue weighted by Crippen LogP contribution is -2.54. The van der Waals surface area contributed by atoms with Crippen molar-refractivity contribution in [1.29, 1.82) is 0 Å². The van der Waals surface area contributed by atoms with E-state index in [-0.39, 0.29) is 18.2 Å². The van der Waals surface area contributed by atoms with E-state index >= 15 is 0 Å². The molecule has 1 aliphatic rings. The van der Waals surface area contributed by atoms with Gasteiger partial charge in [0.25, 0.3) is 5.91 Å². The van der Waals surface area contributed by atoms with Gasteiger partial charge < -0.3 is 16.0 Å². The van der Waals surface area contributed by atoms with Gasteiger partial charge >= 0.3 is 0 Å². The maximum Gasteiger partial charge on any atom is 0.289 e. The van der Waals surface area contributed by atoms with E-state index in [0.717, 1.165) is 29.9 Å². The lowest BCUT2D eigenvalue weighted by atomic mass is 10.0. The monoisotopic (exact) mass is 544 g/mol. The quantitative estimate of drug-likeness (QED) is 0.116. The van der Waals surface area contributed by atoms with Gasteiger partial charge in [0, 0.05) is 30.7 Å². The summed E-state index contributed by atoms with van der Waals surface area (Å²) in [6.45, 7) is 5.96. The number of likely N-dealkylation sites (N-methyl/N-ethyl adjacent to an activating group) is 1. The summed E-state index contributed by atoms with van der Waals surface area (Å²) in [7, 11) is 1.04. The van der Waals surface area contributed by atoms with Crippen LogP contribution in [0.3, 0.4) is 0 Å². The highest BCUT2D eigenvalue weighted by Crippen LogP contribution is 2.33. The predicted octanol–water partition coefficient (Wildman–Crippen LogP) is 3.08. The van der Waals surface area contributed by atoms with Crippen LogP contribution in [-0.4, -0.2) is 57.7 Å². The Hall–Kier alpha value is -1.56. The molecule has 1 aromatic heterocycles. The van der Waals surface area contributed by atoms with Crippen molar-refractivity contribution in [2.75, 3.05) is 12.3 Å². The van der Waals surface area contributed by atoms with E-state index in [4.69, 9.17) is 0 Å². The average molecular weight is 545 g/mol. The number of Topliss-reactive ketones (excluding diaryl/α,β-unsaturated/α-hetero) is 1. The molecule has 8 nitrogen and oxygen atoms in total. The van der Waals surface area contributed by atoms with Gasteiger partial charge in [-0.25, -0.2) is 0 Å². The molecule has 0 aromatic carbocycles. The van der Waals surface area contributed by atoms with Crippen LogP contribution in [0.15, 0.2) is 17.5 Å². The van der Waals surface area contributed by atoms with Gasteiger partial charge in [0.05, 0.1) is 5.75 Å². The Labute approximate surface area is 218 Å². The number of hydrogen-bond donors (Lipinski definition) is 4. The molecule has 1 fully saturated rings. The molecule has 2 heterocycles. The number of carbonyl (C=O) groups is 4. The number of rotatable bonds is 15. The summed E-state index contributed by atoms with van der Waals surface area (Å²) in [5.41, 5.74) is 0. The molecule has 0 bridgehead atoms. The smallest absolute Gasteiger partial charge is 0.289 e. The van der Waals surface area contributed by atoms with Crippen LogP contribution < -0.4 is 16.0 Å². The van der Waals surface area contributed by atoms with Crippen molar-refractivity contribution in [2.24, 2.45) is 5.92 Å². The molecule has 2 rings (SSSR count). The third kappa shape index (κ3) is 10.5. The van der Waals surface area contributed by atoms with Gasteiger partial charge in [-0.1, -0.05) is 19.9 Å². The minimum Gasteiger partial charge on any atom is -0.350 e. The fourth-order valence-corrected chi connectivity index (χ4v) is 8.14. The number of unbranched alkanes of at least 4 members (excludes halogenated alkanes) is 1. The van der Waals surface area contributed by atoms with Gasteiger partial charge in [0.15, 0.2) is 5.25 Å². The zero-order valence-electron chi connectivity index (χ0n) is 20.7. The molecular weight excluding hydrogens is 506 g/mol. The SMILES string of the molecule is CCNC(=O)C(=O)[C@H](Cc1cccs1)NC(=O)[C@H](CC(C)C)NC(=O)CCCCC1CCS[S+]1O. The second-order valence-electron chi connectivity index (χ2n) is 9.07. The van der Waals surface area contributed by atoms with E-state index in [1.165, 1.54) is 11.3 Å². The van der Waals surface area contributed by atoms with Crippen LogP contribution in [-0.2, 0) is 35.8 Å². The second kappa shape index (κ2) is 15.5. The predicted molar refractivity (Wildman–Crippen MR) is 144 cm³/mol. The highest BCUT2D eigenvalue weighted by molar-refractivity contribution is 8.72. The van der Waals surface area contributed by atoms with Crippen LogP contribution in [0.1, 0.15) is 64.2 Å². The Balaban J connectivity index is 1.95. The lowest BCUT2D eigenvalue weighted by molar-refractivity contribution is -0.140. The van der Waals surface area contributed by atoms with Crippen molar-refractivity contribution >= 4 is 55.8 Å². The summed E-state index contributed by atoms with van der Waals surface area (Å²) in [6, 6.07) is 1.91. The first kappa shape index (κ1) is 29.7.